The standard InChI is InChI=1S/C41H43BrN2/c1-28(2)23-24-44-38(40(5,6)36-22-19-33-12-8-9-13-35(33)39(36)44)14-10-11-30(4)41(7,26-31-17-20-34(42)21-18-31)37-25-32(27-43)16-15-29(37)3/h8-22,25,28H,4,23-24,26H2,1-3,5-7H3/b11-10+,38-14+. The fourth-order valence-corrected chi connectivity index (χ4v) is 6.95. The van der Waals surface area contributed by atoms with Gasteiger partial charge in [0.05, 0.1) is 17.3 Å². The highest BCUT2D eigenvalue weighted by molar-refractivity contribution is 9.10. The molecular weight excluding hydrogens is 600 g/mol. The first kappa shape index (κ1) is 31.6. The summed E-state index contributed by atoms with van der Waals surface area (Å²) in [6.07, 6.45) is 8.58. The first-order valence-corrected chi connectivity index (χ1v) is 16.4. The smallest absolute Gasteiger partial charge is 0.0991 e. The van der Waals surface area contributed by atoms with Crippen LogP contribution in [0, 0.1) is 24.2 Å². The Balaban J connectivity index is 1.57. The number of halogens is 1. The zero-order chi connectivity index (χ0) is 31.6. The minimum absolute atomic E-state index is 0.138. The summed E-state index contributed by atoms with van der Waals surface area (Å²) in [5.74, 6) is 0.612. The van der Waals surface area contributed by atoms with Gasteiger partial charge in [0.25, 0.3) is 0 Å². The van der Waals surface area contributed by atoms with Crippen LogP contribution in [-0.2, 0) is 17.3 Å². The van der Waals surface area contributed by atoms with Crippen molar-refractivity contribution >= 4 is 32.4 Å². The Labute approximate surface area is 272 Å². The van der Waals surface area contributed by atoms with Gasteiger partial charge in [0.1, 0.15) is 0 Å². The largest absolute Gasteiger partial charge is 0.343 e. The first-order valence-electron chi connectivity index (χ1n) is 15.6. The Morgan fingerprint density at radius 1 is 1.05 bits per heavy atom. The van der Waals surface area contributed by atoms with E-state index in [9.17, 15) is 5.26 Å². The van der Waals surface area contributed by atoms with E-state index in [2.05, 4.69) is 160 Å². The Morgan fingerprint density at radius 2 is 1.77 bits per heavy atom. The predicted molar refractivity (Wildman–Crippen MR) is 191 cm³/mol. The second-order valence-corrected chi connectivity index (χ2v) is 14.3. The number of allylic oxidation sites excluding steroid dienone is 5. The summed E-state index contributed by atoms with van der Waals surface area (Å²) < 4.78 is 1.06. The predicted octanol–water partition coefficient (Wildman–Crippen LogP) is 11.1. The van der Waals surface area contributed by atoms with Gasteiger partial charge < -0.3 is 4.90 Å². The fraction of sp³-hybridized carbons (Fsp3) is 0.293. The van der Waals surface area contributed by atoms with Crippen molar-refractivity contribution in [2.24, 2.45) is 5.92 Å². The van der Waals surface area contributed by atoms with Crippen molar-refractivity contribution < 1.29 is 0 Å². The van der Waals surface area contributed by atoms with E-state index >= 15 is 0 Å². The Hall–Kier alpha value is -3.87. The number of nitrogens with zero attached hydrogens (tertiary/aromatic N) is 2. The summed E-state index contributed by atoms with van der Waals surface area (Å²) in [4.78, 5) is 2.56. The van der Waals surface area contributed by atoms with E-state index in [4.69, 9.17) is 0 Å². The molecule has 1 unspecified atom stereocenters. The molecule has 4 aromatic rings. The van der Waals surface area contributed by atoms with Crippen LogP contribution in [0.4, 0.5) is 5.69 Å². The van der Waals surface area contributed by atoms with Crippen molar-refractivity contribution in [3.63, 3.8) is 0 Å². The molecule has 0 saturated carbocycles. The molecule has 2 nitrogen and oxygen atoms in total. The molecule has 0 radical (unpaired) electrons. The quantitative estimate of drug-likeness (QED) is 0.170. The van der Waals surface area contributed by atoms with E-state index in [0.29, 0.717) is 11.5 Å². The van der Waals surface area contributed by atoms with Crippen molar-refractivity contribution in [2.75, 3.05) is 11.4 Å². The molecule has 1 heterocycles. The molecule has 3 heteroatoms. The minimum atomic E-state index is -0.401. The fourth-order valence-electron chi connectivity index (χ4n) is 6.68. The minimum Gasteiger partial charge on any atom is -0.343 e. The second-order valence-electron chi connectivity index (χ2n) is 13.4. The van der Waals surface area contributed by atoms with Crippen molar-refractivity contribution in [3.8, 4) is 6.07 Å². The van der Waals surface area contributed by atoms with Crippen molar-refractivity contribution in [2.45, 2.75) is 65.2 Å². The van der Waals surface area contributed by atoms with Gasteiger partial charge in [-0.1, -0.05) is 124 Å². The highest BCUT2D eigenvalue weighted by atomic mass is 79.9. The summed E-state index contributed by atoms with van der Waals surface area (Å²) in [6, 6.07) is 30.2. The third-order valence-electron chi connectivity index (χ3n) is 9.40. The molecule has 0 aliphatic carbocycles. The van der Waals surface area contributed by atoms with Gasteiger partial charge in [0.2, 0.25) is 0 Å². The van der Waals surface area contributed by atoms with Crippen LogP contribution in [0.15, 0.2) is 119 Å². The third-order valence-corrected chi connectivity index (χ3v) is 9.93. The van der Waals surface area contributed by atoms with Gasteiger partial charge in [-0.25, -0.2) is 0 Å². The van der Waals surface area contributed by atoms with Crippen molar-refractivity contribution in [1.29, 1.82) is 5.26 Å². The molecule has 4 aromatic carbocycles. The van der Waals surface area contributed by atoms with Crippen LogP contribution in [-0.4, -0.2) is 6.54 Å². The third kappa shape index (κ3) is 6.06. The summed E-state index contributed by atoms with van der Waals surface area (Å²) in [7, 11) is 0. The molecule has 1 aliphatic heterocycles. The summed E-state index contributed by atoms with van der Waals surface area (Å²) in [5.41, 5.74) is 8.71. The number of fused-ring (bicyclic) bond motifs is 3. The van der Waals surface area contributed by atoms with Gasteiger partial charge in [-0.15, -0.1) is 0 Å². The van der Waals surface area contributed by atoms with E-state index < -0.39 is 5.41 Å². The van der Waals surface area contributed by atoms with E-state index in [1.54, 1.807) is 0 Å². The van der Waals surface area contributed by atoms with Crippen LogP contribution in [0.3, 0.4) is 0 Å². The molecule has 0 aromatic heterocycles. The van der Waals surface area contributed by atoms with E-state index in [1.165, 1.54) is 33.3 Å². The molecule has 0 saturated heterocycles. The van der Waals surface area contributed by atoms with Crippen molar-refractivity contribution in [1.82, 2.24) is 0 Å². The Kier molecular flexibility index (Phi) is 9.05. The molecule has 0 bridgehead atoms. The van der Waals surface area contributed by atoms with E-state index in [1.807, 2.05) is 12.1 Å². The maximum absolute atomic E-state index is 9.73. The lowest BCUT2D eigenvalue weighted by Crippen LogP contribution is -2.28. The number of nitriles is 1. The van der Waals surface area contributed by atoms with E-state index in [-0.39, 0.29) is 5.41 Å². The maximum Gasteiger partial charge on any atom is 0.0991 e. The molecule has 0 amide bonds. The van der Waals surface area contributed by atoms with Crippen LogP contribution >= 0.6 is 15.9 Å². The highest BCUT2D eigenvalue weighted by Crippen LogP contribution is 2.51. The van der Waals surface area contributed by atoms with Crippen LogP contribution in [0.5, 0.6) is 0 Å². The van der Waals surface area contributed by atoms with Crippen LogP contribution in [0.25, 0.3) is 10.8 Å². The molecule has 0 N–H and O–H groups in total. The maximum atomic E-state index is 9.73. The van der Waals surface area contributed by atoms with Crippen LogP contribution < -0.4 is 4.90 Å². The zero-order valence-electron chi connectivity index (χ0n) is 26.9. The molecule has 0 spiro atoms. The molecule has 224 valence electrons. The second kappa shape index (κ2) is 12.6. The molecule has 0 fully saturated rings. The number of hydrogen-bond acceptors (Lipinski definition) is 2. The molecule has 44 heavy (non-hydrogen) atoms. The molecule has 5 rings (SSSR count). The average molecular weight is 644 g/mol. The lowest BCUT2D eigenvalue weighted by Gasteiger charge is -2.33. The molecule has 1 aliphatic rings. The normalized spacial score (nSPS) is 16.4. The summed E-state index contributed by atoms with van der Waals surface area (Å²) in [5, 5.41) is 12.3. The molecule has 1 atom stereocenters. The Morgan fingerprint density at radius 3 is 2.48 bits per heavy atom. The van der Waals surface area contributed by atoms with Crippen LogP contribution in [0.2, 0.25) is 0 Å². The number of anilines is 1. The van der Waals surface area contributed by atoms with E-state index in [0.717, 1.165) is 40.6 Å². The first-order chi connectivity index (χ1) is 21.0. The lowest BCUT2D eigenvalue weighted by atomic mass is 9.70. The van der Waals surface area contributed by atoms with Crippen LogP contribution in [0.1, 0.15) is 68.9 Å². The number of benzene rings is 4. The lowest BCUT2D eigenvalue weighted by molar-refractivity contribution is 0.563. The summed E-state index contributed by atoms with van der Waals surface area (Å²) >= 11 is 3.58. The molecular formula is C41H43BrN2. The van der Waals surface area contributed by atoms with Gasteiger partial charge in [-0.2, -0.15) is 5.26 Å². The average Bonchev–Trinajstić information content (AvgIpc) is 3.22. The van der Waals surface area contributed by atoms with Gasteiger partial charge in [0.15, 0.2) is 0 Å². The van der Waals surface area contributed by atoms with Gasteiger partial charge >= 0.3 is 0 Å². The summed E-state index contributed by atoms with van der Waals surface area (Å²) in [6.45, 7) is 19.3. The SMILES string of the molecule is C=C(/C=C/C=C1/N(CCC(C)C)c2c(ccc3ccccc23)C1(C)C)C(C)(Cc1ccc(Br)cc1)c1cc(C#N)ccc1C. The van der Waals surface area contributed by atoms with Gasteiger partial charge in [-0.3, -0.25) is 0 Å². The number of rotatable bonds is 9. The number of hydrogen-bond donors (Lipinski definition) is 0. The van der Waals surface area contributed by atoms with Crippen molar-refractivity contribution in [3.05, 3.63) is 147 Å². The highest BCUT2D eigenvalue weighted by Gasteiger charge is 2.40. The topological polar surface area (TPSA) is 27.0 Å². The number of aryl methyl sites for hydroxylation is 1. The van der Waals surface area contributed by atoms with Gasteiger partial charge in [0, 0.05) is 32.9 Å². The Bertz CT molecular complexity index is 1800. The van der Waals surface area contributed by atoms with Gasteiger partial charge in [-0.05, 0) is 89.2 Å². The monoisotopic (exact) mass is 642 g/mol. The zero-order valence-corrected chi connectivity index (χ0v) is 28.5.